The van der Waals surface area contributed by atoms with Crippen LogP contribution in [-0.2, 0) is 4.74 Å². The van der Waals surface area contributed by atoms with Crippen LogP contribution in [0.15, 0.2) is 0 Å². The van der Waals surface area contributed by atoms with E-state index in [1.807, 2.05) is 7.11 Å². The fourth-order valence-electron chi connectivity index (χ4n) is 3.02. The molecule has 0 saturated carbocycles. The Balaban J connectivity index is 2.57. The van der Waals surface area contributed by atoms with Crippen molar-refractivity contribution in [2.75, 3.05) is 20.2 Å². The van der Waals surface area contributed by atoms with Crippen molar-refractivity contribution >= 4 is 0 Å². The minimum atomic E-state index is 0.316. The Morgan fingerprint density at radius 2 is 2.12 bits per heavy atom. The Labute approximate surface area is 107 Å². The lowest BCUT2D eigenvalue weighted by atomic mass is 9.91. The Hall–Kier alpha value is -0.120. The molecule has 1 fully saturated rings. The summed E-state index contributed by atoms with van der Waals surface area (Å²) >= 11 is 0. The van der Waals surface area contributed by atoms with Gasteiger partial charge in [-0.3, -0.25) is 4.90 Å². The first-order valence-corrected chi connectivity index (χ1v) is 7.16. The van der Waals surface area contributed by atoms with E-state index in [1.54, 1.807) is 0 Å². The van der Waals surface area contributed by atoms with Gasteiger partial charge in [0.25, 0.3) is 0 Å². The first-order chi connectivity index (χ1) is 8.13. The maximum absolute atomic E-state index is 6.31. The van der Waals surface area contributed by atoms with Gasteiger partial charge in [0.1, 0.15) is 0 Å². The average molecular weight is 242 g/mol. The molecule has 17 heavy (non-hydrogen) atoms. The van der Waals surface area contributed by atoms with E-state index in [-0.39, 0.29) is 0 Å². The number of piperidine rings is 1. The second-order valence-corrected chi connectivity index (χ2v) is 5.46. The first-order valence-electron chi connectivity index (χ1n) is 7.16. The fraction of sp³-hybridized carbons (Fsp3) is 1.00. The standard InChI is InChI=1S/C14H30N2O/c1-5-7-12(15)13(6-2)16-9-8-11(3)14(10-16)17-4/h11-14H,5-10,15H2,1-4H3. The number of hydrogen-bond donors (Lipinski definition) is 1. The van der Waals surface area contributed by atoms with Gasteiger partial charge in [-0.1, -0.05) is 27.2 Å². The molecule has 1 saturated heterocycles. The molecule has 102 valence electrons. The lowest BCUT2D eigenvalue weighted by Crippen LogP contribution is -2.54. The number of rotatable bonds is 6. The number of nitrogens with two attached hydrogens (primary N) is 1. The predicted octanol–water partition coefficient (Wildman–Crippen LogP) is 2.25. The van der Waals surface area contributed by atoms with Crippen LogP contribution in [0.4, 0.5) is 0 Å². The maximum atomic E-state index is 6.31. The van der Waals surface area contributed by atoms with Gasteiger partial charge in [-0.25, -0.2) is 0 Å². The quantitative estimate of drug-likeness (QED) is 0.776. The molecule has 1 heterocycles. The third-order valence-corrected chi connectivity index (χ3v) is 4.23. The monoisotopic (exact) mass is 242 g/mol. The SMILES string of the molecule is CCCC(N)C(CC)N1CCC(C)C(OC)C1. The van der Waals surface area contributed by atoms with E-state index >= 15 is 0 Å². The summed E-state index contributed by atoms with van der Waals surface area (Å²) in [5.41, 5.74) is 6.31. The molecular weight excluding hydrogens is 212 g/mol. The van der Waals surface area contributed by atoms with Crippen LogP contribution < -0.4 is 5.73 Å². The van der Waals surface area contributed by atoms with Crippen LogP contribution in [0, 0.1) is 5.92 Å². The van der Waals surface area contributed by atoms with Crippen LogP contribution in [0.3, 0.4) is 0 Å². The van der Waals surface area contributed by atoms with Crippen molar-refractivity contribution in [3.8, 4) is 0 Å². The largest absolute Gasteiger partial charge is 0.380 e. The zero-order valence-corrected chi connectivity index (χ0v) is 12.0. The van der Waals surface area contributed by atoms with E-state index in [2.05, 4.69) is 25.7 Å². The van der Waals surface area contributed by atoms with Crippen molar-refractivity contribution in [3.05, 3.63) is 0 Å². The molecule has 0 aromatic rings. The lowest BCUT2D eigenvalue weighted by Gasteiger charge is -2.42. The first kappa shape index (κ1) is 14.9. The molecule has 1 aliphatic rings. The van der Waals surface area contributed by atoms with Crippen LogP contribution in [0.25, 0.3) is 0 Å². The molecule has 2 N–H and O–H groups in total. The Bertz CT molecular complexity index is 210. The number of methoxy groups -OCH3 is 1. The normalized spacial score (nSPS) is 30.2. The van der Waals surface area contributed by atoms with Gasteiger partial charge in [-0.15, -0.1) is 0 Å². The zero-order chi connectivity index (χ0) is 12.8. The highest BCUT2D eigenvalue weighted by Gasteiger charge is 2.31. The second-order valence-electron chi connectivity index (χ2n) is 5.46. The van der Waals surface area contributed by atoms with E-state index in [1.165, 1.54) is 19.4 Å². The highest BCUT2D eigenvalue weighted by molar-refractivity contribution is 4.87. The number of nitrogens with zero attached hydrogens (tertiary/aromatic N) is 1. The van der Waals surface area contributed by atoms with Gasteiger partial charge in [-0.05, 0) is 31.7 Å². The fourth-order valence-corrected chi connectivity index (χ4v) is 3.02. The molecule has 0 aromatic heterocycles. The minimum Gasteiger partial charge on any atom is -0.380 e. The van der Waals surface area contributed by atoms with E-state index in [9.17, 15) is 0 Å². The molecule has 0 aliphatic carbocycles. The number of ether oxygens (including phenoxy) is 1. The van der Waals surface area contributed by atoms with Crippen LogP contribution in [0.2, 0.25) is 0 Å². The molecular formula is C14H30N2O. The molecule has 4 unspecified atom stereocenters. The van der Waals surface area contributed by atoms with Crippen LogP contribution in [-0.4, -0.2) is 43.3 Å². The van der Waals surface area contributed by atoms with E-state index in [0.717, 1.165) is 19.4 Å². The molecule has 0 aromatic carbocycles. The van der Waals surface area contributed by atoms with Gasteiger partial charge in [0.05, 0.1) is 6.10 Å². The third kappa shape index (κ3) is 3.94. The van der Waals surface area contributed by atoms with Crippen LogP contribution in [0.1, 0.15) is 46.5 Å². The van der Waals surface area contributed by atoms with Gasteiger partial charge in [0.2, 0.25) is 0 Å². The Morgan fingerprint density at radius 3 is 2.65 bits per heavy atom. The smallest absolute Gasteiger partial charge is 0.0724 e. The van der Waals surface area contributed by atoms with Gasteiger partial charge >= 0.3 is 0 Å². The van der Waals surface area contributed by atoms with E-state index in [0.29, 0.717) is 24.1 Å². The van der Waals surface area contributed by atoms with Crippen molar-refractivity contribution in [2.24, 2.45) is 11.7 Å². The summed E-state index contributed by atoms with van der Waals surface area (Å²) in [6.45, 7) is 8.98. The summed E-state index contributed by atoms with van der Waals surface area (Å²) in [5, 5.41) is 0. The molecule has 3 heteroatoms. The van der Waals surface area contributed by atoms with E-state index in [4.69, 9.17) is 10.5 Å². The Morgan fingerprint density at radius 1 is 1.41 bits per heavy atom. The Kier molecular flexibility index (Phi) is 6.45. The summed E-state index contributed by atoms with van der Waals surface area (Å²) in [4.78, 5) is 2.55. The lowest BCUT2D eigenvalue weighted by molar-refractivity contribution is -0.0235. The summed E-state index contributed by atoms with van der Waals surface area (Å²) < 4.78 is 5.59. The van der Waals surface area contributed by atoms with Crippen molar-refractivity contribution in [1.82, 2.24) is 4.90 Å². The maximum Gasteiger partial charge on any atom is 0.0724 e. The molecule has 3 nitrogen and oxygen atoms in total. The van der Waals surface area contributed by atoms with Gasteiger partial charge in [0.15, 0.2) is 0 Å². The van der Waals surface area contributed by atoms with Gasteiger partial charge < -0.3 is 10.5 Å². The third-order valence-electron chi connectivity index (χ3n) is 4.23. The van der Waals surface area contributed by atoms with Crippen molar-refractivity contribution in [3.63, 3.8) is 0 Å². The summed E-state index contributed by atoms with van der Waals surface area (Å²) in [6.07, 6.45) is 5.06. The van der Waals surface area contributed by atoms with Crippen molar-refractivity contribution < 1.29 is 4.74 Å². The van der Waals surface area contributed by atoms with Gasteiger partial charge in [0, 0.05) is 25.7 Å². The molecule has 1 rings (SSSR count). The topological polar surface area (TPSA) is 38.5 Å². The zero-order valence-electron chi connectivity index (χ0n) is 12.0. The minimum absolute atomic E-state index is 0.316. The van der Waals surface area contributed by atoms with Crippen molar-refractivity contribution in [2.45, 2.75) is 64.6 Å². The number of likely N-dealkylation sites (tertiary alicyclic amines) is 1. The molecule has 1 aliphatic heterocycles. The molecule has 4 atom stereocenters. The van der Waals surface area contributed by atoms with Crippen molar-refractivity contribution in [1.29, 1.82) is 0 Å². The molecule has 0 amide bonds. The van der Waals surface area contributed by atoms with Crippen LogP contribution in [0.5, 0.6) is 0 Å². The summed E-state index contributed by atoms with van der Waals surface area (Å²) in [7, 11) is 1.83. The van der Waals surface area contributed by atoms with E-state index < -0.39 is 0 Å². The van der Waals surface area contributed by atoms with Gasteiger partial charge in [-0.2, -0.15) is 0 Å². The predicted molar refractivity (Wildman–Crippen MR) is 73.1 cm³/mol. The summed E-state index contributed by atoms with van der Waals surface area (Å²) in [5.74, 6) is 0.677. The highest BCUT2D eigenvalue weighted by atomic mass is 16.5. The summed E-state index contributed by atoms with van der Waals surface area (Å²) in [6, 6.07) is 0.844. The average Bonchev–Trinajstić information content (AvgIpc) is 2.32. The molecule has 0 radical (unpaired) electrons. The molecule has 0 bridgehead atoms. The highest BCUT2D eigenvalue weighted by Crippen LogP contribution is 2.23. The number of hydrogen-bond acceptors (Lipinski definition) is 3. The molecule has 0 spiro atoms. The second kappa shape index (κ2) is 7.34. The van der Waals surface area contributed by atoms with Crippen LogP contribution >= 0.6 is 0 Å².